The summed E-state index contributed by atoms with van der Waals surface area (Å²) in [5, 5.41) is 5.65. The number of rotatable bonds is 4. The Morgan fingerprint density at radius 2 is 2.03 bits per heavy atom. The van der Waals surface area contributed by atoms with Crippen LogP contribution < -0.4 is 10.1 Å². The van der Waals surface area contributed by atoms with E-state index in [0.717, 1.165) is 22.6 Å². The number of Topliss-reactive ketones (excluding diaryl/α,β-unsaturated/α-hetero) is 1. The molecular formula is C25H21ClN2O3S2. The first-order valence-electron chi connectivity index (χ1n) is 10.7. The molecule has 2 aromatic carbocycles. The van der Waals surface area contributed by atoms with Crippen molar-refractivity contribution in [2.24, 2.45) is 5.92 Å². The number of carbonyl (C=O) groups is 2. The number of anilines is 1. The van der Waals surface area contributed by atoms with E-state index >= 15 is 0 Å². The smallest absolute Gasteiger partial charge is 0.250 e. The maximum absolute atomic E-state index is 14.2. The van der Waals surface area contributed by atoms with E-state index in [-0.39, 0.29) is 23.7 Å². The number of amides is 1. The van der Waals surface area contributed by atoms with E-state index in [9.17, 15) is 9.59 Å². The predicted molar refractivity (Wildman–Crippen MR) is 133 cm³/mol. The summed E-state index contributed by atoms with van der Waals surface area (Å²) in [6.45, 7) is 0. The molecule has 4 heterocycles. The molecule has 1 amide bonds. The Morgan fingerprint density at radius 3 is 2.76 bits per heavy atom. The van der Waals surface area contributed by atoms with Crippen molar-refractivity contribution in [2.75, 3.05) is 24.1 Å². The molecule has 1 N–H and O–H groups in total. The maximum Gasteiger partial charge on any atom is 0.250 e. The summed E-state index contributed by atoms with van der Waals surface area (Å²) in [4.78, 5) is 31.1. The van der Waals surface area contributed by atoms with E-state index in [0.29, 0.717) is 21.5 Å². The Bertz CT molecular complexity index is 1250. The van der Waals surface area contributed by atoms with Crippen molar-refractivity contribution < 1.29 is 14.3 Å². The molecule has 3 aliphatic rings. The van der Waals surface area contributed by atoms with Gasteiger partial charge in [0.2, 0.25) is 5.91 Å². The van der Waals surface area contributed by atoms with Crippen LogP contribution in [0.15, 0.2) is 60.0 Å². The minimum Gasteiger partial charge on any atom is -0.497 e. The molecule has 3 aromatic rings. The molecule has 2 saturated heterocycles. The monoisotopic (exact) mass is 496 g/mol. The number of fused-ring (bicyclic) bond motifs is 4. The summed E-state index contributed by atoms with van der Waals surface area (Å²) >= 11 is 9.43. The highest BCUT2D eigenvalue weighted by Gasteiger charge is 2.69. The number of halogens is 1. The van der Waals surface area contributed by atoms with Crippen molar-refractivity contribution in [1.29, 1.82) is 0 Å². The molecule has 0 saturated carbocycles. The van der Waals surface area contributed by atoms with Crippen LogP contribution in [-0.2, 0) is 10.3 Å². The van der Waals surface area contributed by atoms with E-state index in [1.807, 2.05) is 60.0 Å². The number of methoxy groups -OCH3 is 1. The molecule has 1 aromatic heterocycles. The fourth-order valence-corrected chi connectivity index (χ4v) is 7.97. The quantitative estimate of drug-likeness (QED) is 0.501. The Morgan fingerprint density at radius 1 is 1.21 bits per heavy atom. The van der Waals surface area contributed by atoms with E-state index < -0.39 is 11.5 Å². The van der Waals surface area contributed by atoms with Gasteiger partial charge in [-0.05, 0) is 47.3 Å². The number of hydrogen-bond acceptors (Lipinski definition) is 6. The lowest BCUT2D eigenvalue weighted by atomic mass is 9.70. The van der Waals surface area contributed by atoms with Crippen LogP contribution in [0.2, 0.25) is 5.02 Å². The van der Waals surface area contributed by atoms with E-state index in [2.05, 4.69) is 10.2 Å². The summed E-state index contributed by atoms with van der Waals surface area (Å²) in [5.41, 5.74) is 1.51. The third-order valence-electron chi connectivity index (χ3n) is 7.13. The molecule has 168 valence electrons. The van der Waals surface area contributed by atoms with Crippen LogP contribution in [0, 0.1) is 5.92 Å². The zero-order valence-corrected chi connectivity index (χ0v) is 20.2. The standard InChI is InChI=1S/C25H21ClN2O3S2/c1-31-16-8-9-18-17(11-16)25(24(30)27-18)22(23(29)20-3-2-10-33-20)21(19-12-32-13-28(19)25)14-4-6-15(26)7-5-14/h2-11,19,21-22H,12-13H2,1H3,(H,27,30)/t19-,21+,22-,25-/m1/s1. The van der Waals surface area contributed by atoms with Gasteiger partial charge in [-0.3, -0.25) is 14.5 Å². The fourth-order valence-electron chi connectivity index (χ4n) is 5.81. The van der Waals surface area contributed by atoms with Crippen molar-refractivity contribution in [3.63, 3.8) is 0 Å². The van der Waals surface area contributed by atoms with Gasteiger partial charge in [-0.15, -0.1) is 23.1 Å². The second-order valence-corrected chi connectivity index (χ2v) is 10.9. The second kappa shape index (κ2) is 7.87. The van der Waals surface area contributed by atoms with Gasteiger partial charge >= 0.3 is 0 Å². The molecule has 5 nitrogen and oxygen atoms in total. The van der Waals surface area contributed by atoms with Crippen molar-refractivity contribution >= 4 is 52.1 Å². The summed E-state index contributed by atoms with van der Waals surface area (Å²) in [5.74, 6) is 1.37. The molecule has 6 rings (SSSR count). The van der Waals surface area contributed by atoms with Crippen LogP contribution in [0.4, 0.5) is 5.69 Å². The Kier molecular flexibility index (Phi) is 5.07. The second-order valence-electron chi connectivity index (χ2n) is 8.57. The fraction of sp³-hybridized carbons (Fsp3) is 0.280. The number of thiophene rings is 1. The molecule has 0 bridgehead atoms. The Labute approximate surface area is 205 Å². The normalized spacial score (nSPS) is 28.1. The number of benzene rings is 2. The maximum atomic E-state index is 14.2. The van der Waals surface area contributed by atoms with Gasteiger partial charge in [0.05, 0.1) is 17.9 Å². The van der Waals surface area contributed by atoms with Gasteiger partial charge in [0.1, 0.15) is 11.3 Å². The van der Waals surface area contributed by atoms with Crippen molar-refractivity contribution in [3.8, 4) is 5.75 Å². The van der Waals surface area contributed by atoms with Gasteiger partial charge < -0.3 is 10.1 Å². The van der Waals surface area contributed by atoms with Crippen LogP contribution in [0.25, 0.3) is 0 Å². The number of hydrogen-bond donors (Lipinski definition) is 1. The van der Waals surface area contributed by atoms with Crippen molar-refractivity contribution in [1.82, 2.24) is 4.90 Å². The molecular weight excluding hydrogens is 476 g/mol. The summed E-state index contributed by atoms with van der Waals surface area (Å²) in [7, 11) is 1.62. The molecule has 4 atom stereocenters. The number of carbonyl (C=O) groups excluding carboxylic acids is 2. The predicted octanol–water partition coefficient (Wildman–Crippen LogP) is 5.23. The first-order valence-corrected chi connectivity index (χ1v) is 13.1. The molecule has 2 fully saturated rings. The third kappa shape index (κ3) is 2.96. The van der Waals surface area contributed by atoms with Crippen LogP contribution in [0.3, 0.4) is 0 Å². The molecule has 0 aliphatic carbocycles. The van der Waals surface area contributed by atoms with Crippen LogP contribution in [0.1, 0.15) is 26.7 Å². The number of thioether (sulfide) groups is 1. The average Bonchev–Trinajstić information content (AvgIpc) is 3.60. The van der Waals surface area contributed by atoms with Gasteiger partial charge in [-0.2, -0.15) is 0 Å². The number of nitrogens with zero attached hydrogens (tertiary/aromatic N) is 1. The zero-order chi connectivity index (χ0) is 22.7. The Balaban J connectivity index is 1.62. The van der Waals surface area contributed by atoms with Crippen LogP contribution >= 0.6 is 34.7 Å². The molecule has 8 heteroatoms. The highest BCUT2D eigenvalue weighted by Crippen LogP contribution is 2.61. The largest absolute Gasteiger partial charge is 0.497 e. The topological polar surface area (TPSA) is 58.6 Å². The van der Waals surface area contributed by atoms with Gasteiger partial charge in [0.15, 0.2) is 5.78 Å². The minimum absolute atomic E-state index is 0.00942. The highest BCUT2D eigenvalue weighted by molar-refractivity contribution is 7.99. The minimum atomic E-state index is -1.09. The third-order valence-corrected chi connectivity index (χ3v) is 9.30. The first kappa shape index (κ1) is 21.2. The van der Waals surface area contributed by atoms with Gasteiger partial charge in [0.25, 0.3) is 0 Å². The van der Waals surface area contributed by atoms with Gasteiger partial charge in [0, 0.05) is 39.9 Å². The van der Waals surface area contributed by atoms with Gasteiger partial charge in [-0.25, -0.2) is 0 Å². The highest BCUT2D eigenvalue weighted by atomic mass is 35.5. The van der Waals surface area contributed by atoms with E-state index in [1.54, 1.807) is 18.9 Å². The number of nitrogens with one attached hydrogen (secondary N) is 1. The van der Waals surface area contributed by atoms with Crippen molar-refractivity contribution in [2.45, 2.75) is 17.5 Å². The lowest BCUT2D eigenvalue weighted by molar-refractivity contribution is -0.127. The SMILES string of the molecule is COc1ccc2c(c1)[C@]1(C(=O)N2)[C@@H](C(=O)c2cccs2)[C@@H](c2ccc(Cl)cc2)[C@H]2CSCN21. The molecule has 33 heavy (non-hydrogen) atoms. The van der Waals surface area contributed by atoms with E-state index in [4.69, 9.17) is 16.3 Å². The number of ketones is 1. The average molecular weight is 497 g/mol. The summed E-state index contributed by atoms with van der Waals surface area (Å²) in [6, 6.07) is 17.2. The van der Waals surface area contributed by atoms with Crippen LogP contribution in [0.5, 0.6) is 5.75 Å². The molecule has 3 aliphatic heterocycles. The molecule has 1 spiro atoms. The Hall–Kier alpha value is -2.32. The molecule has 0 unspecified atom stereocenters. The zero-order valence-electron chi connectivity index (χ0n) is 17.8. The lowest BCUT2D eigenvalue weighted by Gasteiger charge is -2.36. The molecule has 0 radical (unpaired) electrons. The van der Waals surface area contributed by atoms with Gasteiger partial charge in [-0.1, -0.05) is 29.8 Å². The van der Waals surface area contributed by atoms with Crippen molar-refractivity contribution in [3.05, 3.63) is 81.0 Å². The van der Waals surface area contributed by atoms with E-state index in [1.165, 1.54) is 11.3 Å². The lowest BCUT2D eigenvalue weighted by Crippen LogP contribution is -2.52. The van der Waals surface area contributed by atoms with Crippen LogP contribution in [-0.4, -0.2) is 41.4 Å². The summed E-state index contributed by atoms with van der Waals surface area (Å²) < 4.78 is 5.52. The first-order chi connectivity index (χ1) is 16.1. The summed E-state index contributed by atoms with van der Waals surface area (Å²) in [6.07, 6.45) is 0. The number of ether oxygens (including phenoxy) is 1.